The second-order valence-corrected chi connectivity index (χ2v) is 5.04. The molecule has 0 radical (unpaired) electrons. The molecular formula is C14H24N4O2. The van der Waals surface area contributed by atoms with Gasteiger partial charge in [-0.25, -0.2) is 4.98 Å². The van der Waals surface area contributed by atoms with E-state index >= 15 is 0 Å². The lowest BCUT2D eigenvalue weighted by Gasteiger charge is -2.32. The predicted molar refractivity (Wildman–Crippen MR) is 79.1 cm³/mol. The Morgan fingerprint density at radius 2 is 2.35 bits per heavy atom. The summed E-state index contributed by atoms with van der Waals surface area (Å²) in [4.78, 5) is 18.6. The number of nitrogens with zero attached hydrogens (tertiary/aromatic N) is 3. The van der Waals surface area contributed by atoms with Crippen LogP contribution in [-0.2, 0) is 11.3 Å². The lowest BCUT2D eigenvalue weighted by molar-refractivity contribution is -0.0192. The van der Waals surface area contributed by atoms with Gasteiger partial charge >= 0.3 is 0 Å². The fourth-order valence-corrected chi connectivity index (χ4v) is 2.39. The molecule has 0 amide bonds. The molecule has 0 saturated carbocycles. The van der Waals surface area contributed by atoms with E-state index in [-0.39, 0.29) is 11.7 Å². The van der Waals surface area contributed by atoms with Crippen LogP contribution in [0.3, 0.4) is 0 Å². The lowest BCUT2D eigenvalue weighted by Crippen LogP contribution is -2.45. The van der Waals surface area contributed by atoms with Crippen molar-refractivity contribution in [2.45, 2.75) is 32.9 Å². The number of hydrogen-bond acceptors (Lipinski definition) is 5. The van der Waals surface area contributed by atoms with Crippen molar-refractivity contribution in [2.24, 2.45) is 0 Å². The van der Waals surface area contributed by atoms with Crippen molar-refractivity contribution in [3.8, 4) is 0 Å². The van der Waals surface area contributed by atoms with Gasteiger partial charge in [-0.1, -0.05) is 13.8 Å². The van der Waals surface area contributed by atoms with Gasteiger partial charge in [0.15, 0.2) is 5.82 Å². The maximum absolute atomic E-state index is 12.1. The Morgan fingerprint density at radius 1 is 1.50 bits per heavy atom. The Kier molecular flexibility index (Phi) is 5.55. The Bertz CT molecular complexity index is 474. The van der Waals surface area contributed by atoms with Gasteiger partial charge in [0.2, 0.25) is 0 Å². The molecule has 1 fully saturated rings. The van der Waals surface area contributed by atoms with Crippen molar-refractivity contribution in [1.29, 1.82) is 0 Å². The van der Waals surface area contributed by atoms with Crippen LogP contribution in [0.15, 0.2) is 17.2 Å². The highest BCUT2D eigenvalue weighted by Crippen LogP contribution is 2.05. The van der Waals surface area contributed by atoms with Gasteiger partial charge in [0.05, 0.1) is 12.7 Å². The number of nitrogens with one attached hydrogen (secondary N) is 1. The highest BCUT2D eigenvalue weighted by Gasteiger charge is 2.19. The van der Waals surface area contributed by atoms with Crippen molar-refractivity contribution < 1.29 is 4.74 Å². The van der Waals surface area contributed by atoms with Gasteiger partial charge in [0, 0.05) is 38.6 Å². The Balaban J connectivity index is 1.93. The number of ether oxygens (including phenoxy) is 1. The van der Waals surface area contributed by atoms with Gasteiger partial charge in [-0.05, 0) is 13.0 Å². The van der Waals surface area contributed by atoms with Crippen molar-refractivity contribution in [2.75, 3.05) is 38.1 Å². The Labute approximate surface area is 119 Å². The largest absolute Gasteiger partial charge is 0.374 e. The maximum atomic E-state index is 12.1. The normalized spacial score (nSPS) is 20.0. The molecule has 20 heavy (non-hydrogen) atoms. The third kappa shape index (κ3) is 3.80. The molecule has 112 valence electrons. The first kappa shape index (κ1) is 15.0. The molecular weight excluding hydrogens is 256 g/mol. The minimum Gasteiger partial charge on any atom is -0.374 e. The number of rotatable bonds is 6. The number of anilines is 1. The number of hydrogen-bond donors (Lipinski definition) is 1. The molecule has 0 spiro atoms. The summed E-state index contributed by atoms with van der Waals surface area (Å²) < 4.78 is 7.40. The zero-order valence-corrected chi connectivity index (χ0v) is 12.3. The van der Waals surface area contributed by atoms with Gasteiger partial charge in [0.25, 0.3) is 5.56 Å². The van der Waals surface area contributed by atoms with E-state index in [1.54, 1.807) is 17.0 Å². The minimum atomic E-state index is -0.0579. The molecule has 1 aromatic heterocycles. The molecule has 1 aliphatic rings. The standard InChI is InChI=1S/C14H24N4O2/c1-3-6-18-7-5-15-13(14(18)19)16-10-12-11-17(4-2)8-9-20-12/h5,7,12H,3-4,6,8-11H2,1-2H3,(H,15,16). The topological polar surface area (TPSA) is 59.4 Å². The molecule has 1 saturated heterocycles. The van der Waals surface area contributed by atoms with E-state index in [0.717, 1.165) is 39.2 Å². The molecule has 1 unspecified atom stereocenters. The molecule has 6 heteroatoms. The van der Waals surface area contributed by atoms with Crippen molar-refractivity contribution in [1.82, 2.24) is 14.5 Å². The number of morpholine rings is 1. The molecule has 2 heterocycles. The summed E-state index contributed by atoms with van der Waals surface area (Å²) in [5, 5.41) is 3.13. The summed E-state index contributed by atoms with van der Waals surface area (Å²) >= 11 is 0. The second kappa shape index (κ2) is 7.40. The molecule has 0 bridgehead atoms. The first-order valence-corrected chi connectivity index (χ1v) is 7.37. The Morgan fingerprint density at radius 3 is 3.10 bits per heavy atom. The minimum absolute atomic E-state index is 0.0579. The second-order valence-electron chi connectivity index (χ2n) is 5.04. The third-order valence-corrected chi connectivity index (χ3v) is 3.55. The zero-order valence-electron chi connectivity index (χ0n) is 12.3. The zero-order chi connectivity index (χ0) is 14.4. The molecule has 1 aliphatic heterocycles. The van der Waals surface area contributed by atoms with E-state index in [0.29, 0.717) is 12.4 Å². The van der Waals surface area contributed by atoms with E-state index < -0.39 is 0 Å². The highest BCUT2D eigenvalue weighted by molar-refractivity contribution is 5.30. The van der Waals surface area contributed by atoms with Gasteiger partial charge < -0.3 is 14.6 Å². The first-order chi connectivity index (χ1) is 9.74. The van der Waals surface area contributed by atoms with E-state index in [9.17, 15) is 4.79 Å². The van der Waals surface area contributed by atoms with Crippen LogP contribution in [0.2, 0.25) is 0 Å². The summed E-state index contributed by atoms with van der Waals surface area (Å²) in [5.41, 5.74) is -0.0579. The Hall–Kier alpha value is -1.40. The average molecular weight is 280 g/mol. The van der Waals surface area contributed by atoms with Gasteiger partial charge in [-0.2, -0.15) is 0 Å². The van der Waals surface area contributed by atoms with E-state index in [4.69, 9.17) is 4.74 Å². The SMILES string of the molecule is CCCn1ccnc(NCC2CN(CC)CCO2)c1=O. The summed E-state index contributed by atoms with van der Waals surface area (Å²) in [5.74, 6) is 0.415. The van der Waals surface area contributed by atoms with E-state index in [1.165, 1.54) is 0 Å². The van der Waals surface area contributed by atoms with Crippen molar-refractivity contribution in [3.05, 3.63) is 22.7 Å². The maximum Gasteiger partial charge on any atom is 0.293 e. The van der Waals surface area contributed by atoms with Gasteiger partial charge in [-0.15, -0.1) is 0 Å². The molecule has 1 N–H and O–H groups in total. The fraction of sp³-hybridized carbons (Fsp3) is 0.714. The number of aryl methyl sites for hydroxylation is 1. The number of aromatic nitrogens is 2. The monoisotopic (exact) mass is 280 g/mol. The molecule has 0 aliphatic carbocycles. The van der Waals surface area contributed by atoms with E-state index in [2.05, 4.69) is 29.0 Å². The molecule has 6 nitrogen and oxygen atoms in total. The van der Waals surface area contributed by atoms with Crippen LogP contribution < -0.4 is 10.9 Å². The van der Waals surface area contributed by atoms with E-state index in [1.807, 2.05) is 0 Å². The van der Waals surface area contributed by atoms with Crippen LogP contribution in [0.5, 0.6) is 0 Å². The smallest absolute Gasteiger partial charge is 0.293 e. The average Bonchev–Trinajstić information content (AvgIpc) is 2.48. The van der Waals surface area contributed by atoms with Crippen LogP contribution in [0.4, 0.5) is 5.82 Å². The van der Waals surface area contributed by atoms with Crippen LogP contribution in [0.1, 0.15) is 20.3 Å². The number of likely N-dealkylation sites (N-methyl/N-ethyl adjacent to an activating group) is 1. The predicted octanol–water partition coefficient (Wildman–Crippen LogP) is 0.786. The van der Waals surface area contributed by atoms with Crippen LogP contribution in [0, 0.1) is 0 Å². The van der Waals surface area contributed by atoms with Crippen molar-refractivity contribution >= 4 is 5.82 Å². The summed E-state index contributed by atoms with van der Waals surface area (Å²) in [6, 6.07) is 0. The van der Waals surface area contributed by atoms with Gasteiger partial charge in [0.1, 0.15) is 0 Å². The molecule has 2 rings (SSSR count). The first-order valence-electron chi connectivity index (χ1n) is 7.37. The van der Waals surface area contributed by atoms with Crippen LogP contribution in [-0.4, -0.2) is 53.3 Å². The van der Waals surface area contributed by atoms with Crippen molar-refractivity contribution in [3.63, 3.8) is 0 Å². The van der Waals surface area contributed by atoms with Gasteiger partial charge in [-0.3, -0.25) is 9.69 Å². The van der Waals surface area contributed by atoms with Crippen LogP contribution >= 0.6 is 0 Å². The molecule has 1 aromatic rings. The third-order valence-electron chi connectivity index (χ3n) is 3.55. The molecule has 0 aromatic carbocycles. The highest BCUT2D eigenvalue weighted by atomic mass is 16.5. The molecule has 1 atom stereocenters. The fourth-order valence-electron chi connectivity index (χ4n) is 2.39. The summed E-state index contributed by atoms with van der Waals surface area (Å²) in [7, 11) is 0. The lowest BCUT2D eigenvalue weighted by atomic mass is 10.2. The van der Waals surface area contributed by atoms with Crippen LogP contribution in [0.25, 0.3) is 0 Å². The quantitative estimate of drug-likeness (QED) is 0.834. The summed E-state index contributed by atoms with van der Waals surface area (Å²) in [6.07, 6.45) is 4.44. The summed E-state index contributed by atoms with van der Waals surface area (Å²) in [6.45, 7) is 9.22.